The van der Waals surface area contributed by atoms with E-state index in [1.54, 1.807) is 25.5 Å². The first-order chi connectivity index (χ1) is 17.9. The number of hydrogen-bond acceptors (Lipinski definition) is 7. The lowest BCUT2D eigenvalue weighted by molar-refractivity contribution is 0.0541. The number of ether oxygens (including phenoxy) is 1. The lowest BCUT2D eigenvalue weighted by Crippen LogP contribution is -2.28. The molecule has 37 heavy (non-hydrogen) atoms. The number of aromatic nitrogens is 6. The van der Waals surface area contributed by atoms with Gasteiger partial charge in [-0.3, -0.25) is 14.6 Å². The summed E-state index contributed by atoms with van der Waals surface area (Å²) in [4.78, 5) is 21.6. The number of carboxylic acid groups (broad SMARTS) is 1. The van der Waals surface area contributed by atoms with E-state index in [1.165, 1.54) is 10.7 Å². The number of halogens is 1. The van der Waals surface area contributed by atoms with E-state index in [4.69, 9.17) is 14.2 Å². The number of nitrogens with zero attached hydrogens (tertiary/aromatic N) is 6. The van der Waals surface area contributed by atoms with Crippen molar-refractivity contribution in [2.45, 2.75) is 32.7 Å². The number of pyridine rings is 2. The van der Waals surface area contributed by atoms with Gasteiger partial charge < -0.3 is 18.9 Å². The van der Waals surface area contributed by atoms with Gasteiger partial charge in [0.05, 0.1) is 22.9 Å². The van der Waals surface area contributed by atoms with E-state index >= 15 is 4.39 Å². The number of carboxylic acids is 1. The van der Waals surface area contributed by atoms with E-state index in [0.29, 0.717) is 59.6 Å². The van der Waals surface area contributed by atoms with Gasteiger partial charge in [-0.05, 0) is 50.8 Å². The number of fused-ring (bicyclic) bond motifs is 3. The molecule has 0 radical (unpaired) electrons. The average molecular weight is 505 g/mol. The lowest BCUT2D eigenvalue weighted by Gasteiger charge is -2.32. The zero-order valence-corrected chi connectivity index (χ0v) is 20.6. The average Bonchev–Trinajstić information content (AvgIpc) is 3.52. The highest BCUT2D eigenvalue weighted by molar-refractivity contribution is 6.11. The van der Waals surface area contributed by atoms with Gasteiger partial charge in [0.15, 0.2) is 5.69 Å². The monoisotopic (exact) mass is 504 g/mol. The smallest absolute Gasteiger partial charge is 0.358 e. The fourth-order valence-electron chi connectivity index (χ4n) is 5.61. The molecule has 0 spiro atoms. The van der Waals surface area contributed by atoms with Crippen molar-refractivity contribution in [2.75, 3.05) is 13.2 Å². The standard InChI is InChI=1S/C26H25FN6O4/c1-13-19(14(2)37-31-13)16-11-18-21(29-12-16)24-25(22(26(34)35)30-32(24)3)33(18)23(15-6-9-36-10-7-15)20-17(27)5-4-8-28-20/h4-5,8,11-12,15,23H,6-7,9-10H2,1-3H3,(H,34,35). The van der Waals surface area contributed by atoms with Crippen LogP contribution in [0.1, 0.15) is 46.5 Å². The van der Waals surface area contributed by atoms with Gasteiger partial charge in [0, 0.05) is 43.8 Å². The fraction of sp³-hybridized carbons (Fsp3) is 0.346. The van der Waals surface area contributed by atoms with Crippen molar-refractivity contribution in [3.8, 4) is 11.1 Å². The van der Waals surface area contributed by atoms with Crippen LogP contribution in [0.15, 0.2) is 35.1 Å². The second kappa shape index (κ2) is 8.77. The van der Waals surface area contributed by atoms with Crippen LogP contribution in [-0.2, 0) is 11.8 Å². The number of aromatic carboxylic acids is 1. The van der Waals surface area contributed by atoms with Crippen LogP contribution >= 0.6 is 0 Å². The van der Waals surface area contributed by atoms with Crippen LogP contribution < -0.4 is 0 Å². The zero-order chi connectivity index (χ0) is 25.8. The van der Waals surface area contributed by atoms with Crippen molar-refractivity contribution < 1.29 is 23.6 Å². The number of carbonyl (C=O) groups is 1. The Morgan fingerprint density at radius 1 is 1.22 bits per heavy atom. The Hall–Kier alpha value is -4.12. The molecule has 1 unspecified atom stereocenters. The molecule has 1 fully saturated rings. The summed E-state index contributed by atoms with van der Waals surface area (Å²) in [5, 5.41) is 18.5. The molecular weight excluding hydrogens is 479 g/mol. The molecule has 0 amide bonds. The molecule has 1 N–H and O–H groups in total. The molecule has 190 valence electrons. The summed E-state index contributed by atoms with van der Waals surface area (Å²) in [5.41, 5.74) is 4.59. The third-order valence-electron chi connectivity index (χ3n) is 7.20. The van der Waals surface area contributed by atoms with Gasteiger partial charge in [-0.25, -0.2) is 9.18 Å². The van der Waals surface area contributed by atoms with Gasteiger partial charge >= 0.3 is 5.97 Å². The maximum Gasteiger partial charge on any atom is 0.358 e. The van der Waals surface area contributed by atoms with Crippen molar-refractivity contribution in [1.82, 2.24) is 29.5 Å². The number of aryl methyl sites for hydroxylation is 3. The van der Waals surface area contributed by atoms with Crippen molar-refractivity contribution in [3.05, 3.63) is 59.3 Å². The topological polar surface area (TPSA) is 121 Å². The summed E-state index contributed by atoms with van der Waals surface area (Å²) >= 11 is 0. The largest absolute Gasteiger partial charge is 0.476 e. The Morgan fingerprint density at radius 2 is 2.00 bits per heavy atom. The molecule has 0 saturated carbocycles. The van der Waals surface area contributed by atoms with Crippen LogP contribution in [0.5, 0.6) is 0 Å². The number of rotatable bonds is 5. The summed E-state index contributed by atoms with van der Waals surface area (Å²) in [6, 6.07) is 4.27. The first-order valence-electron chi connectivity index (χ1n) is 12.1. The summed E-state index contributed by atoms with van der Waals surface area (Å²) in [5.74, 6) is -1.04. The molecule has 1 saturated heterocycles. The predicted molar refractivity (Wildman–Crippen MR) is 132 cm³/mol. The van der Waals surface area contributed by atoms with E-state index in [0.717, 1.165) is 11.1 Å². The molecule has 1 atom stereocenters. The van der Waals surface area contributed by atoms with Gasteiger partial charge in [-0.2, -0.15) is 5.10 Å². The fourth-order valence-corrected chi connectivity index (χ4v) is 5.61. The van der Waals surface area contributed by atoms with Gasteiger partial charge in [-0.15, -0.1) is 0 Å². The highest BCUT2D eigenvalue weighted by atomic mass is 19.1. The molecule has 0 aromatic carbocycles. The Morgan fingerprint density at radius 3 is 2.68 bits per heavy atom. The minimum Gasteiger partial charge on any atom is -0.476 e. The van der Waals surface area contributed by atoms with Crippen LogP contribution in [0.4, 0.5) is 4.39 Å². The lowest BCUT2D eigenvalue weighted by atomic mass is 9.88. The van der Waals surface area contributed by atoms with Gasteiger partial charge in [0.1, 0.15) is 28.1 Å². The molecule has 1 aliphatic heterocycles. The van der Waals surface area contributed by atoms with Crippen LogP contribution in [0.2, 0.25) is 0 Å². The zero-order valence-electron chi connectivity index (χ0n) is 20.6. The molecule has 0 aliphatic carbocycles. The molecule has 1 aliphatic rings. The van der Waals surface area contributed by atoms with Crippen LogP contribution in [0, 0.1) is 25.6 Å². The van der Waals surface area contributed by atoms with E-state index < -0.39 is 17.8 Å². The summed E-state index contributed by atoms with van der Waals surface area (Å²) < 4.78 is 29.8. The van der Waals surface area contributed by atoms with Gasteiger partial charge in [-0.1, -0.05) is 5.16 Å². The Kier molecular flexibility index (Phi) is 5.52. The maximum absolute atomic E-state index is 15.4. The molecule has 6 heterocycles. The van der Waals surface area contributed by atoms with Crippen molar-refractivity contribution in [1.29, 1.82) is 0 Å². The molecule has 6 rings (SSSR count). The van der Waals surface area contributed by atoms with Crippen molar-refractivity contribution in [3.63, 3.8) is 0 Å². The van der Waals surface area contributed by atoms with Crippen molar-refractivity contribution in [2.24, 2.45) is 13.0 Å². The van der Waals surface area contributed by atoms with Crippen molar-refractivity contribution >= 4 is 28.0 Å². The highest BCUT2D eigenvalue weighted by Gasteiger charge is 2.36. The first kappa shape index (κ1) is 23.3. The molecule has 10 nitrogen and oxygen atoms in total. The number of hydrogen-bond donors (Lipinski definition) is 1. The Balaban J connectivity index is 1.74. The second-order valence-electron chi connectivity index (χ2n) is 9.40. The second-order valence-corrected chi connectivity index (χ2v) is 9.40. The van der Waals surface area contributed by atoms with Gasteiger partial charge in [0.25, 0.3) is 0 Å². The molecule has 5 aromatic heterocycles. The van der Waals surface area contributed by atoms with E-state index in [1.807, 2.05) is 24.5 Å². The molecule has 0 bridgehead atoms. The maximum atomic E-state index is 15.4. The Labute approximate surface area is 210 Å². The van der Waals surface area contributed by atoms with E-state index in [9.17, 15) is 9.90 Å². The highest BCUT2D eigenvalue weighted by Crippen LogP contribution is 2.42. The summed E-state index contributed by atoms with van der Waals surface area (Å²) in [6.07, 6.45) is 4.61. The quantitative estimate of drug-likeness (QED) is 0.373. The van der Waals surface area contributed by atoms with E-state index in [2.05, 4.69) is 15.2 Å². The SMILES string of the molecule is Cc1noc(C)c1-c1cnc2c3c(c(C(=O)O)nn3C)n(C(c3ncccc3F)C3CCOCC3)c2c1. The predicted octanol–water partition coefficient (Wildman–Crippen LogP) is 4.44. The Bertz CT molecular complexity index is 1640. The van der Waals surface area contributed by atoms with Crippen LogP contribution in [0.3, 0.4) is 0 Å². The van der Waals surface area contributed by atoms with Gasteiger partial charge in [0.2, 0.25) is 0 Å². The normalized spacial score (nSPS) is 15.6. The minimum absolute atomic E-state index is 0.0541. The summed E-state index contributed by atoms with van der Waals surface area (Å²) in [6.45, 7) is 4.74. The molecule has 5 aromatic rings. The third kappa shape index (κ3) is 3.60. The summed E-state index contributed by atoms with van der Waals surface area (Å²) in [7, 11) is 1.69. The van der Waals surface area contributed by atoms with Crippen LogP contribution in [0.25, 0.3) is 33.2 Å². The molecule has 11 heteroatoms. The minimum atomic E-state index is -1.17. The van der Waals surface area contributed by atoms with E-state index in [-0.39, 0.29) is 17.3 Å². The molecular formula is C26H25FN6O4. The third-order valence-corrected chi connectivity index (χ3v) is 7.20. The van der Waals surface area contributed by atoms with Crippen LogP contribution in [-0.4, -0.2) is 53.8 Å². The first-order valence-corrected chi connectivity index (χ1v) is 12.1.